The minimum Gasteiger partial charge on any atom is -0.446 e. The first-order chi connectivity index (χ1) is 5.61. The Balaban J connectivity index is 2.41. The molecule has 70 valence electrons. The zero-order chi connectivity index (χ0) is 9.14. The Morgan fingerprint density at radius 1 is 1.75 bits per heavy atom. The molecule has 0 aromatic carbocycles. The molecule has 1 fully saturated rings. The molecular formula is C7H15N3O2. The van der Waals surface area contributed by atoms with Crippen LogP contribution in [-0.4, -0.2) is 29.8 Å². The van der Waals surface area contributed by atoms with Crippen LogP contribution in [0.1, 0.15) is 19.8 Å². The summed E-state index contributed by atoms with van der Waals surface area (Å²) in [5, 5.41) is 1.50. The minimum absolute atomic E-state index is 0.295. The zero-order valence-electron chi connectivity index (χ0n) is 7.19. The van der Waals surface area contributed by atoms with E-state index in [0.717, 1.165) is 19.4 Å². The van der Waals surface area contributed by atoms with E-state index < -0.39 is 6.23 Å². The van der Waals surface area contributed by atoms with Crippen LogP contribution in [0.2, 0.25) is 0 Å². The molecule has 1 heterocycles. The number of carbonyl (C=O) groups excluding carboxylic acids is 1. The lowest BCUT2D eigenvalue weighted by atomic mass is 10.2. The van der Waals surface area contributed by atoms with Crippen LogP contribution in [0.3, 0.4) is 0 Å². The molecule has 1 rings (SSSR count). The fourth-order valence-electron chi connectivity index (χ4n) is 1.30. The van der Waals surface area contributed by atoms with Crippen molar-refractivity contribution in [3.05, 3.63) is 0 Å². The second-order valence-corrected chi connectivity index (χ2v) is 3.04. The summed E-state index contributed by atoms with van der Waals surface area (Å²) >= 11 is 0. The monoisotopic (exact) mass is 173 g/mol. The van der Waals surface area contributed by atoms with Gasteiger partial charge in [-0.1, -0.05) is 0 Å². The molecule has 0 aromatic rings. The molecule has 2 unspecified atom stereocenters. The standard InChI is InChI=1S/C7H15N3O2/c1-5(8)12-7(11)6-3-2-4-10(6)9/h5-6H,2-4,8-9H2,1H3. The van der Waals surface area contributed by atoms with E-state index >= 15 is 0 Å². The van der Waals surface area contributed by atoms with Gasteiger partial charge in [-0.2, -0.15) is 0 Å². The Labute approximate surface area is 71.6 Å². The fourth-order valence-corrected chi connectivity index (χ4v) is 1.30. The van der Waals surface area contributed by atoms with E-state index in [1.54, 1.807) is 6.92 Å². The lowest BCUT2D eigenvalue weighted by Crippen LogP contribution is -2.43. The summed E-state index contributed by atoms with van der Waals surface area (Å²) in [6.45, 7) is 2.37. The fraction of sp³-hybridized carbons (Fsp3) is 0.857. The number of nitrogens with zero attached hydrogens (tertiary/aromatic N) is 1. The summed E-state index contributed by atoms with van der Waals surface area (Å²) in [4.78, 5) is 11.2. The molecule has 0 aromatic heterocycles. The maximum Gasteiger partial charge on any atom is 0.326 e. The van der Waals surface area contributed by atoms with Gasteiger partial charge < -0.3 is 4.74 Å². The summed E-state index contributed by atoms with van der Waals surface area (Å²) < 4.78 is 4.82. The lowest BCUT2D eigenvalue weighted by molar-refractivity contribution is -0.153. The van der Waals surface area contributed by atoms with Crippen LogP contribution in [0.4, 0.5) is 0 Å². The molecule has 0 radical (unpaired) electrons. The third kappa shape index (κ3) is 2.17. The van der Waals surface area contributed by atoms with E-state index in [1.807, 2.05) is 0 Å². The first kappa shape index (κ1) is 9.44. The predicted molar refractivity (Wildman–Crippen MR) is 43.7 cm³/mol. The molecule has 5 heteroatoms. The van der Waals surface area contributed by atoms with Gasteiger partial charge in [0, 0.05) is 6.54 Å². The molecule has 0 aliphatic carbocycles. The highest BCUT2D eigenvalue weighted by atomic mass is 16.6. The highest BCUT2D eigenvalue weighted by Crippen LogP contribution is 2.14. The molecule has 12 heavy (non-hydrogen) atoms. The first-order valence-corrected chi connectivity index (χ1v) is 4.08. The van der Waals surface area contributed by atoms with E-state index in [9.17, 15) is 4.79 Å². The maximum absolute atomic E-state index is 11.2. The molecule has 1 aliphatic heterocycles. The third-order valence-electron chi connectivity index (χ3n) is 1.87. The van der Waals surface area contributed by atoms with Crippen LogP contribution in [0, 0.1) is 0 Å². The largest absolute Gasteiger partial charge is 0.446 e. The SMILES string of the molecule is CC(N)OC(=O)C1CCCN1N. The Morgan fingerprint density at radius 2 is 2.42 bits per heavy atom. The molecule has 1 aliphatic rings. The van der Waals surface area contributed by atoms with Crippen molar-refractivity contribution in [1.82, 2.24) is 5.01 Å². The number of rotatable bonds is 2. The van der Waals surface area contributed by atoms with Crippen molar-refractivity contribution in [2.45, 2.75) is 32.0 Å². The van der Waals surface area contributed by atoms with Crippen LogP contribution < -0.4 is 11.6 Å². The summed E-state index contributed by atoms with van der Waals surface area (Å²) in [6.07, 6.45) is 1.16. The second-order valence-electron chi connectivity index (χ2n) is 3.04. The summed E-state index contributed by atoms with van der Waals surface area (Å²) in [5.41, 5.74) is 5.30. The molecule has 2 atom stereocenters. The summed E-state index contributed by atoms with van der Waals surface area (Å²) in [5.74, 6) is 5.23. The van der Waals surface area contributed by atoms with Gasteiger partial charge in [0.05, 0.1) is 0 Å². The number of nitrogens with two attached hydrogens (primary N) is 2. The number of hydrazine groups is 1. The van der Waals surface area contributed by atoms with Crippen molar-refractivity contribution in [3.63, 3.8) is 0 Å². The highest BCUT2D eigenvalue weighted by Gasteiger charge is 2.30. The van der Waals surface area contributed by atoms with Gasteiger partial charge in [0.25, 0.3) is 0 Å². The van der Waals surface area contributed by atoms with Crippen molar-refractivity contribution in [2.24, 2.45) is 11.6 Å². The maximum atomic E-state index is 11.2. The molecule has 5 nitrogen and oxygen atoms in total. The van der Waals surface area contributed by atoms with Gasteiger partial charge in [0.2, 0.25) is 0 Å². The second kappa shape index (κ2) is 3.84. The van der Waals surface area contributed by atoms with Crippen LogP contribution in [-0.2, 0) is 9.53 Å². The normalized spacial score (nSPS) is 27.1. The van der Waals surface area contributed by atoms with Crippen molar-refractivity contribution < 1.29 is 9.53 Å². The Kier molecular flexibility index (Phi) is 3.02. The smallest absolute Gasteiger partial charge is 0.326 e. The van der Waals surface area contributed by atoms with Gasteiger partial charge >= 0.3 is 5.97 Å². The first-order valence-electron chi connectivity index (χ1n) is 4.08. The number of hydrogen-bond acceptors (Lipinski definition) is 5. The van der Waals surface area contributed by atoms with Gasteiger partial charge in [-0.25, -0.2) is 5.01 Å². The van der Waals surface area contributed by atoms with Crippen LogP contribution >= 0.6 is 0 Å². The molecule has 1 saturated heterocycles. The Bertz CT molecular complexity index is 172. The van der Waals surface area contributed by atoms with Crippen molar-refractivity contribution >= 4 is 5.97 Å². The average Bonchev–Trinajstić information content (AvgIpc) is 2.33. The molecule has 0 spiro atoms. The topological polar surface area (TPSA) is 81.6 Å². The van der Waals surface area contributed by atoms with Crippen molar-refractivity contribution in [1.29, 1.82) is 0 Å². The van der Waals surface area contributed by atoms with E-state index in [-0.39, 0.29) is 12.0 Å². The predicted octanol–water partition coefficient (Wildman–Crippen LogP) is -0.828. The van der Waals surface area contributed by atoms with Gasteiger partial charge in [-0.3, -0.25) is 16.4 Å². The van der Waals surface area contributed by atoms with Crippen molar-refractivity contribution in [3.8, 4) is 0 Å². The van der Waals surface area contributed by atoms with Gasteiger partial charge in [0.1, 0.15) is 12.3 Å². The van der Waals surface area contributed by atoms with E-state index in [0.29, 0.717) is 0 Å². The minimum atomic E-state index is -0.550. The van der Waals surface area contributed by atoms with Gasteiger partial charge in [-0.05, 0) is 19.8 Å². The molecule has 0 saturated carbocycles. The van der Waals surface area contributed by atoms with E-state index in [2.05, 4.69) is 0 Å². The van der Waals surface area contributed by atoms with Gasteiger partial charge in [0.15, 0.2) is 0 Å². The van der Waals surface area contributed by atoms with Crippen LogP contribution in [0.5, 0.6) is 0 Å². The molecule has 4 N–H and O–H groups in total. The third-order valence-corrected chi connectivity index (χ3v) is 1.87. The van der Waals surface area contributed by atoms with Crippen LogP contribution in [0.15, 0.2) is 0 Å². The summed E-state index contributed by atoms with van der Waals surface area (Å²) in [6, 6.07) is -0.295. The average molecular weight is 173 g/mol. The molecule has 0 amide bonds. The number of carbonyl (C=O) groups is 1. The van der Waals surface area contributed by atoms with Crippen molar-refractivity contribution in [2.75, 3.05) is 6.54 Å². The van der Waals surface area contributed by atoms with Gasteiger partial charge in [-0.15, -0.1) is 0 Å². The quantitative estimate of drug-likeness (QED) is 0.323. The van der Waals surface area contributed by atoms with E-state index in [1.165, 1.54) is 5.01 Å². The van der Waals surface area contributed by atoms with Crippen LogP contribution in [0.25, 0.3) is 0 Å². The Hall–Kier alpha value is -0.650. The summed E-state index contributed by atoms with van der Waals surface area (Å²) in [7, 11) is 0. The zero-order valence-corrected chi connectivity index (χ0v) is 7.19. The van der Waals surface area contributed by atoms with E-state index in [4.69, 9.17) is 16.3 Å². The highest BCUT2D eigenvalue weighted by molar-refractivity contribution is 5.76. The number of esters is 1. The molecular weight excluding hydrogens is 158 g/mol. The Morgan fingerprint density at radius 3 is 2.83 bits per heavy atom. The number of hydrogen-bond donors (Lipinski definition) is 2. The number of ether oxygens (including phenoxy) is 1. The lowest BCUT2D eigenvalue weighted by Gasteiger charge is -2.18. The molecule has 0 bridgehead atoms.